The summed E-state index contributed by atoms with van der Waals surface area (Å²) in [5, 5.41) is 0. The molecule has 100 valence electrons. The van der Waals surface area contributed by atoms with E-state index in [-0.39, 0.29) is 12.3 Å². The third kappa shape index (κ3) is 3.40. The Morgan fingerprint density at radius 1 is 1.41 bits per heavy atom. The van der Waals surface area contributed by atoms with Crippen molar-refractivity contribution in [3.05, 3.63) is 0 Å². The average molecular weight is 263 g/mol. The van der Waals surface area contributed by atoms with Gasteiger partial charge in [0.25, 0.3) is 0 Å². The van der Waals surface area contributed by atoms with Gasteiger partial charge in [-0.3, -0.25) is 4.79 Å². The summed E-state index contributed by atoms with van der Waals surface area (Å²) < 4.78 is 25.3. The fraction of sp³-hybridized carbons (Fsp3) is 0.900. The van der Waals surface area contributed by atoms with Crippen molar-refractivity contribution in [1.29, 1.82) is 0 Å². The van der Waals surface area contributed by atoms with Crippen molar-refractivity contribution in [2.45, 2.75) is 26.2 Å². The average Bonchev–Trinajstić information content (AvgIpc) is 2.63. The van der Waals surface area contributed by atoms with Crippen LogP contribution in [0.4, 0.5) is 0 Å². The molecule has 0 saturated carbocycles. The normalized spacial score (nSPS) is 26.2. The molecule has 0 radical (unpaired) electrons. The zero-order valence-electron chi connectivity index (χ0n) is 10.2. The summed E-state index contributed by atoms with van der Waals surface area (Å²) in [6.07, 6.45) is 1.75. The Hall–Kier alpha value is -0.660. The highest BCUT2D eigenvalue weighted by atomic mass is 32.2. The third-order valence-corrected chi connectivity index (χ3v) is 5.19. The van der Waals surface area contributed by atoms with Crippen molar-refractivity contribution in [2.24, 2.45) is 16.9 Å². The second kappa shape index (κ2) is 5.32. The molecule has 0 aromatic rings. The van der Waals surface area contributed by atoms with E-state index in [4.69, 9.17) is 11.5 Å². The number of primary amides is 1. The molecule has 17 heavy (non-hydrogen) atoms. The molecule has 6 nitrogen and oxygen atoms in total. The first-order valence-corrected chi connectivity index (χ1v) is 7.40. The fourth-order valence-corrected chi connectivity index (χ4v) is 3.59. The van der Waals surface area contributed by atoms with Gasteiger partial charge >= 0.3 is 0 Å². The number of unbranched alkanes of at least 4 members (excludes halogenated alkanes) is 1. The first kappa shape index (κ1) is 14.4. The van der Waals surface area contributed by atoms with Gasteiger partial charge in [-0.15, -0.1) is 0 Å². The quantitative estimate of drug-likeness (QED) is 0.615. The van der Waals surface area contributed by atoms with Crippen LogP contribution in [0.15, 0.2) is 0 Å². The minimum atomic E-state index is -3.27. The van der Waals surface area contributed by atoms with Crippen molar-refractivity contribution in [1.82, 2.24) is 4.31 Å². The second-order valence-corrected chi connectivity index (χ2v) is 6.91. The summed E-state index contributed by atoms with van der Waals surface area (Å²) in [6.45, 7) is 2.79. The number of nitrogens with zero attached hydrogens (tertiary/aromatic N) is 1. The summed E-state index contributed by atoms with van der Waals surface area (Å²) in [4.78, 5) is 11.2. The molecule has 1 saturated heterocycles. The highest BCUT2D eigenvalue weighted by Crippen LogP contribution is 2.31. The van der Waals surface area contributed by atoms with E-state index < -0.39 is 21.3 Å². The standard InChI is InChI=1S/C10H21N3O3S/c1-10(9(12)14)4-6-13(8-10)17(15,16)7-3-2-5-11/h2-8,11H2,1H3,(H2,12,14). The van der Waals surface area contributed by atoms with Gasteiger partial charge in [-0.05, 0) is 32.7 Å². The van der Waals surface area contributed by atoms with Crippen LogP contribution in [-0.2, 0) is 14.8 Å². The molecule has 1 aliphatic rings. The van der Waals surface area contributed by atoms with Gasteiger partial charge in [-0.1, -0.05) is 0 Å². The molecule has 0 aromatic carbocycles. The van der Waals surface area contributed by atoms with Gasteiger partial charge in [0.15, 0.2) is 0 Å². The predicted molar refractivity (Wildman–Crippen MR) is 65.6 cm³/mol. The molecule has 0 spiro atoms. The van der Waals surface area contributed by atoms with E-state index in [1.165, 1.54) is 4.31 Å². The Balaban J connectivity index is 2.61. The number of hydrogen-bond acceptors (Lipinski definition) is 4. The van der Waals surface area contributed by atoms with Gasteiger partial charge < -0.3 is 11.5 Å². The maximum Gasteiger partial charge on any atom is 0.224 e. The lowest BCUT2D eigenvalue weighted by Crippen LogP contribution is -2.39. The van der Waals surface area contributed by atoms with Crippen LogP contribution in [0.3, 0.4) is 0 Å². The topological polar surface area (TPSA) is 106 Å². The largest absolute Gasteiger partial charge is 0.369 e. The smallest absolute Gasteiger partial charge is 0.224 e. The van der Waals surface area contributed by atoms with E-state index in [0.29, 0.717) is 32.4 Å². The Morgan fingerprint density at radius 2 is 2.06 bits per heavy atom. The van der Waals surface area contributed by atoms with Gasteiger partial charge in [-0.2, -0.15) is 0 Å². The Kier molecular flexibility index (Phi) is 4.51. The Bertz CT molecular complexity index is 382. The molecule has 0 aromatic heterocycles. The molecular weight excluding hydrogens is 242 g/mol. The van der Waals surface area contributed by atoms with E-state index >= 15 is 0 Å². The minimum absolute atomic E-state index is 0.0963. The van der Waals surface area contributed by atoms with E-state index in [1.54, 1.807) is 6.92 Å². The first-order valence-electron chi connectivity index (χ1n) is 5.80. The number of carbonyl (C=O) groups excluding carboxylic acids is 1. The molecule has 4 N–H and O–H groups in total. The van der Waals surface area contributed by atoms with Gasteiger partial charge in [0.1, 0.15) is 0 Å². The second-order valence-electron chi connectivity index (χ2n) is 4.82. The molecule has 1 amide bonds. The van der Waals surface area contributed by atoms with Gasteiger partial charge in [0.05, 0.1) is 11.2 Å². The lowest BCUT2D eigenvalue weighted by atomic mass is 9.89. The molecule has 1 heterocycles. The molecule has 1 unspecified atom stereocenters. The monoisotopic (exact) mass is 263 g/mol. The number of nitrogens with two attached hydrogens (primary N) is 2. The van der Waals surface area contributed by atoms with Crippen molar-refractivity contribution >= 4 is 15.9 Å². The van der Waals surface area contributed by atoms with Crippen LogP contribution in [0.2, 0.25) is 0 Å². The maximum atomic E-state index is 12.0. The SMILES string of the molecule is CC1(C(N)=O)CCN(S(=O)(=O)CCCCN)C1. The summed E-state index contributed by atoms with van der Waals surface area (Å²) in [6, 6.07) is 0. The summed E-state index contributed by atoms with van der Waals surface area (Å²) in [7, 11) is -3.27. The van der Waals surface area contributed by atoms with Crippen molar-refractivity contribution < 1.29 is 13.2 Å². The Labute approximate surface area is 102 Å². The molecule has 0 aliphatic carbocycles. The van der Waals surface area contributed by atoms with Crippen LogP contribution < -0.4 is 11.5 Å². The molecule has 1 rings (SSSR count). The fourth-order valence-electron chi connectivity index (χ4n) is 1.92. The molecule has 7 heteroatoms. The summed E-state index contributed by atoms with van der Waals surface area (Å²) in [5.74, 6) is -0.337. The predicted octanol–water partition coefficient (Wildman–Crippen LogP) is -0.748. The number of amides is 1. The summed E-state index contributed by atoms with van der Waals surface area (Å²) in [5.41, 5.74) is 9.89. The highest BCUT2D eigenvalue weighted by molar-refractivity contribution is 7.89. The van der Waals surface area contributed by atoms with E-state index in [2.05, 4.69) is 0 Å². The highest BCUT2D eigenvalue weighted by Gasteiger charge is 2.42. The van der Waals surface area contributed by atoms with Crippen LogP contribution in [-0.4, -0.2) is 44.0 Å². The van der Waals surface area contributed by atoms with Crippen LogP contribution in [0.5, 0.6) is 0 Å². The van der Waals surface area contributed by atoms with E-state index in [1.807, 2.05) is 0 Å². The zero-order valence-corrected chi connectivity index (χ0v) is 11.0. The van der Waals surface area contributed by atoms with Crippen LogP contribution in [0.25, 0.3) is 0 Å². The first-order chi connectivity index (χ1) is 7.82. The van der Waals surface area contributed by atoms with Crippen LogP contribution >= 0.6 is 0 Å². The molecular formula is C10H21N3O3S. The van der Waals surface area contributed by atoms with Crippen LogP contribution in [0.1, 0.15) is 26.2 Å². The third-order valence-electron chi connectivity index (χ3n) is 3.28. The molecule has 1 atom stereocenters. The summed E-state index contributed by atoms with van der Waals surface area (Å²) >= 11 is 0. The number of rotatable bonds is 6. The van der Waals surface area contributed by atoms with Crippen molar-refractivity contribution in [3.63, 3.8) is 0 Å². The number of carbonyl (C=O) groups is 1. The molecule has 0 bridgehead atoms. The van der Waals surface area contributed by atoms with Gasteiger partial charge in [0.2, 0.25) is 15.9 Å². The number of hydrogen-bond donors (Lipinski definition) is 2. The lowest BCUT2D eigenvalue weighted by Gasteiger charge is -2.20. The van der Waals surface area contributed by atoms with Gasteiger partial charge in [0, 0.05) is 13.1 Å². The Morgan fingerprint density at radius 3 is 2.53 bits per heavy atom. The van der Waals surface area contributed by atoms with Crippen molar-refractivity contribution in [3.8, 4) is 0 Å². The molecule has 1 aliphatic heterocycles. The minimum Gasteiger partial charge on any atom is -0.369 e. The van der Waals surface area contributed by atoms with E-state index in [9.17, 15) is 13.2 Å². The van der Waals surface area contributed by atoms with Crippen LogP contribution in [0, 0.1) is 5.41 Å². The number of sulfonamides is 1. The lowest BCUT2D eigenvalue weighted by molar-refractivity contribution is -0.126. The molecule has 1 fully saturated rings. The zero-order chi connectivity index (χ0) is 13.1. The maximum absolute atomic E-state index is 12.0. The van der Waals surface area contributed by atoms with E-state index in [0.717, 1.165) is 0 Å². The van der Waals surface area contributed by atoms with Gasteiger partial charge in [-0.25, -0.2) is 12.7 Å². The van der Waals surface area contributed by atoms with Crippen molar-refractivity contribution in [2.75, 3.05) is 25.4 Å².